The van der Waals surface area contributed by atoms with Gasteiger partial charge >= 0.3 is 0 Å². The first-order chi connectivity index (χ1) is 4.31. The monoisotopic (exact) mass is 122 g/mol. The van der Waals surface area contributed by atoms with Crippen molar-refractivity contribution in [1.82, 2.24) is 0 Å². The molecule has 0 radical (unpaired) electrons. The van der Waals surface area contributed by atoms with Gasteiger partial charge in [-0.1, -0.05) is 6.92 Å². The SMILES string of the molecule is CC12CCC3CC1CC32. The molecule has 4 aliphatic carbocycles. The molecule has 0 N–H and O–H groups in total. The Kier molecular flexibility index (Phi) is 0.574. The lowest BCUT2D eigenvalue weighted by Crippen LogP contribution is -2.37. The topological polar surface area (TPSA) is 0 Å². The zero-order chi connectivity index (χ0) is 6.06. The van der Waals surface area contributed by atoms with Crippen LogP contribution in [-0.4, -0.2) is 0 Å². The van der Waals surface area contributed by atoms with Crippen LogP contribution in [0.25, 0.3) is 0 Å². The minimum absolute atomic E-state index is 0.866. The molecule has 0 amide bonds. The van der Waals surface area contributed by atoms with Crippen LogP contribution in [0.15, 0.2) is 0 Å². The van der Waals surface area contributed by atoms with E-state index in [0.29, 0.717) is 0 Å². The molecule has 4 saturated carbocycles. The quantitative estimate of drug-likeness (QED) is 0.463. The van der Waals surface area contributed by atoms with E-state index in [1.807, 2.05) is 0 Å². The van der Waals surface area contributed by atoms with Crippen molar-refractivity contribution in [2.45, 2.75) is 32.6 Å². The summed E-state index contributed by atoms with van der Waals surface area (Å²) in [6.45, 7) is 2.53. The Labute approximate surface area is 56.6 Å². The van der Waals surface area contributed by atoms with Crippen LogP contribution in [0.2, 0.25) is 0 Å². The van der Waals surface area contributed by atoms with Crippen LogP contribution >= 0.6 is 0 Å². The van der Waals surface area contributed by atoms with Crippen LogP contribution in [0.1, 0.15) is 32.6 Å². The fraction of sp³-hybridized carbons (Fsp3) is 1.00. The van der Waals surface area contributed by atoms with Gasteiger partial charge in [0.15, 0.2) is 0 Å². The van der Waals surface area contributed by atoms with Crippen molar-refractivity contribution in [1.29, 1.82) is 0 Å². The van der Waals surface area contributed by atoms with Crippen molar-refractivity contribution in [2.75, 3.05) is 0 Å². The highest BCUT2D eigenvalue weighted by Crippen LogP contribution is 2.72. The van der Waals surface area contributed by atoms with Crippen molar-refractivity contribution in [2.24, 2.45) is 23.2 Å². The van der Waals surface area contributed by atoms with Crippen LogP contribution in [0.4, 0.5) is 0 Å². The molecule has 4 rings (SSSR count). The van der Waals surface area contributed by atoms with E-state index >= 15 is 0 Å². The molecule has 0 nitrogen and oxygen atoms in total. The third kappa shape index (κ3) is 0.320. The molecule has 0 aromatic rings. The molecule has 0 aromatic carbocycles. The van der Waals surface area contributed by atoms with Crippen LogP contribution < -0.4 is 0 Å². The fourth-order valence-electron chi connectivity index (χ4n) is 3.82. The van der Waals surface area contributed by atoms with E-state index in [0.717, 1.165) is 5.41 Å². The number of hydrogen-bond acceptors (Lipinski definition) is 0. The summed E-state index contributed by atoms with van der Waals surface area (Å²) in [5.41, 5.74) is 0.866. The van der Waals surface area contributed by atoms with Crippen molar-refractivity contribution in [3.8, 4) is 0 Å². The van der Waals surface area contributed by atoms with Crippen molar-refractivity contribution < 1.29 is 0 Å². The summed E-state index contributed by atoms with van der Waals surface area (Å²) in [6.07, 6.45) is 6.33. The largest absolute Gasteiger partial charge is 0.0591 e. The molecule has 50 valence electrons. The first-order valence-corrected chi connectivity index (χ1v) is 4.31. The van der Waals surface area contributed by atoms with Gasteiger partial charge in [-0.25, -0.2) is 0 Å². The Bertz CT molecular complexity index is 159. The summed E-state index contributed by atoms with van der Waals surface area (Å²) in [4.78, 5) is 0. The zero-order valence-corrected chi connectivity index (χ0v) is 6.06. The Morgan fingerprint density at radius 3 is 2.56 bits per heavy atom. The first kappa shape index (κ1) is 4.76. The van der Waals surface area contributed by atoms with Gasteiger partial charge in [0.1, 0.15) is 0 Å². The highest BCUT2D eigenvalue weighted by atomic mass is 14.7. The van der Waals surface area contributed by atoms with Gasteiger partial charge in [-0.15, -0.1) is 0 Å². The standard InChI is InChI=1S/C9H14/c1-9-3-2-6-4-7(9)5-8(6)9/h6-8H,2-5H2,1H3. The molecular weight excluding hydrogens is 108 g/mol. The smallest absolute Gasteiger partial charge is 0.0266 e. The van der Waals surface area contributed by atoms with Gasteiger partial charge in [0.05, 0.1) is 0 Å². The third-order valence-electron chi connectivity index (χ3n) is 4.53. The second-order valence-corrected chi connectivity index (χ2v) is 4.58. The number of rotatable bonds is 0. The van der Waals surface area contributed by atoms with Crippen LogP contribution in [-0.2, 0) is 0 Å². The molecule has 9 heavy (non-hydrogen) atoms. The van der Waals surface area contributed by atoms with Crippen molar-refractivity contribution in [3.63, 3.8) is 0 Å². The maximum absolute atomic E-state index is 2.53. The molecule has 0 aromatic heterocycles. The van der Waals surface area contributed by atoms with E-state index in [2.05, 4.69) is 6.92 Å². The number of hydrogen-bond donors (Lipinski definition) is 0. The molecule has 0 aliphatic heterocycles. The highest BCUT2D eigenvalue weighted by Gasteiger charge is 2.64. The minimum atomic E-state index is 0.866. The van der Waals surface area contributed by atoms with Gasteiger partial charge in [-0.2, -0.15) is 0 Å². The van der Waals surface area contributed by atoms with Gasteiger partial charge in [-0.3, -0.25) is 0 Å². The maximum Gasteiger partial charge on any atom is -0.0266 e. The van der Waals surface area contributed by atoms with E-state index in [1.165, 1.54) is 17.8 Å². The van der Waals surface area contributed by atoms with Gasteiger partial charge in [0.2, 0.25) is 0 Å². The second kappa shape index (κ2) is 1.09. The zero-order valence-electron chi connectivity index (χ0n) is 6.06. The molecule has 0 heterocycles. The average Bonchev–Trinajstić information content (AvgIpc) is 2.39. The normalized spacial score (nSPS) is 68.3. The van der Waals surface area contributed by atoms with E-state index in [-0.39, 0.29) is 0 Å². The Hall–Kier alpha value is 0. The molecule has 0 spiro atoms. The third-order valence-corrected chi connectivity index (χ3v) is 4.53. The van der Waals surface area contributed by atoms with Gasteiger partial charge in [0, 0.05) is 0 Å². The molecule has 4 bridgehead atoms. The maximum atomic E-state index is 2.53. The summed E-state index contributed by atoms with van der Waals surface area (Å²) < 4.78 is 0. The molecule has 0 heteroatoms. The summed E-state index contributed by atoms with van der Waals surface area (Å²) in [5.74, 6) is 3.53. The van der Waals surface area contributed by atoms with E-state index in [4.69, 9.17) is 0 Å². The molecule has 4 aliphatic rings. The van der Waals surface area contributed by atoms with Gasteiger partial charge in [0.25, 0.3) is 0 Å². The average molecular weight is 122 g/mol. The van der Waals surface area contributed by atoms with E-state index < -0.39 is 0 Å². The predicted octanol–water partition coefficient (Wildman–Crippen LogP) is 2.44. The molecule has 4 atom stereocenters. The lowest BCUT2D eigenvalue weighted by molar-refractivity contribution is 0.0441. The fourth-order valence-corrected chi connectivity index (χ4v) is 3.82. The van der Waals surface area contributed by atoms with Crippen LogP contribution in [0.5, 0.6) is 0 Å². The summed E-state index contributed by atoms with van der Waals surface area (Å²) in [6, 6.07) is 0. The van der Waals surface area contributed by atoms with Crippen molar-refractivity contribution >= 4 is 0 Å². The minimum Gasteiger partial charge on any atom is -0.0591 e. The Morgan fingerprint density at radius 1 is 1.33 bits per heavy atom. The molecule has 4 unspecified atom stereocenters. The lowest BCUT2D eigenvalue weighted by atomic mass is 9.60. The van der Waals surface area contributed by atoms with E-state index in [9.17, 15) is 0 Å². The Balaban J connectivity index is 2.09. The van der Waals surface area contributed by atoms with Crippen LogP contribution in [0, 0.1) is 23.2 Å². The first-order valence-electron chi connectivity index (χ1n) is 4.31. The van der Waals surface area contributed by atoms with Gasteiger partial charge in [-0.05, 0) is 48.9 Å². The second-order valence-electron chi connectivity index (χ2n) is 4.58. The summed E-state index contributed by atoms with van der Waals surface area (Å²) in [5, 5.41) is 0. The van der Waals surface area contributed by atoms with Crippen molar-refractivity contribution in [3.05, 3.63) is 0 Å². The predicted molar refractivity (Wildman–Crippen MR) is 37.0 cm³/mol. The summed E-state index contributed by atoms with van der Waals surface area (Å²) in [7, 11) is 0. The molecular formula is C9H14. The molecule has 4 fully saturated rings. The van der Waals surface area contributed by atoms with Crippen LogP contribution in [0.3, 0.4) is 0 Å². The lowest BCUT2D eigenvalue weighted by Gasteiger charge is -2.44. The molecule has 0 saturated heterocycles. The highest BCUT2D eigenvalue weighted by molar-refractivity contribution is 5.13. The van der Waals surface area contributed by atoms with Gasteiger partial charge < -0.3 is 0 Å². The Morgan fingerprint density at radius 2 is 2.22 bits per heavy atom. The van der Waals surface area contributed by atoms with E-state index in [1.54, 1.807) is 25.7 Å². The summed E-state index contributed by atoms with van der Waals surface area (Å²) >= 11 is 0.